The minimum atomic E-state index is -4.55. The highest BCUT2D eigenvalue weighted by molar-refractivity contribution is 6.31. The van der Waals surface area contributed by atoms with Crippen molar-refractivity contribution in [3.8, 4) is 0 Å². The zero-order valence-electron chi connectivity index (χ0n) is 12.6. The third-order valence-electron chi connectivity index (χ3n) is 3.89. The second-order valence-corrected chi connectivity index (χ2v) is 6.30. The molecule has 1 aromatic heterocycles. The molecule has 9 heteroatoms. The molecule has 4 nitrogen and oxygen atoms in total. The van der Waals surface area contributed by atoms with Crippen LogP contribution in [0, 0.1) is 0 Å². The number of fused-ring (bicyclic) bond motifs is 1. The Morgan fingerprint density at radius 1 is 1.32 bits per heavy atom. The number of alkyl halides is 4. The number of urea groups is 1. The summed E-state index contributed by atoms with van der Waals surface area (Å²) in [6.07, 6.45) is -0.684. The summed E-state index contributed by atoms with van der Waals surface area (Å²) in [6, 6.07) is 4.35. The lowest BCUT2D eigenvalue weighted by Gasteiger charge is -2.33. The van der Waals surface area contributed by atoms with Gasteiger partial charge < -0.3 is 10.2 Å². The van der Waals surface area contributed by atoms with E-state index < -0.39 is 28.3 Å². The molecular formula is C16H12Cl2F3N3O. The summed E-state index contributed by atoms with van der Waals surface area (Å²) in [5.74, 6) is 0. The number of nitrogens with one attached hydrogen (secondary N) is 1. The smallest absolute Gasteiger partial charge is 0.308 e. The van der Waals surface area contributed by atoms with Crippen molar-refractivity contribution in [3.05, 3.63) is 58.4 Å². The normalized spacial score (nSPS) is 17.2. The Hall–Kier alpha value is -1.99. The van der Waals surface area contributed by atoms with Gasteiger partial charge in [0.25, 0.3) is 0 Å². The highest BCUT2D eigenvalue weighted by atomic mass is 35.5. The Morgan fingerprint density at radius 2 is 2.08 bits per heavy atom. The first-order chi connectivity index (χ1) is 11.8. The van der Waals surface area contributed by atoms with E-state index >= 15 is 0 Å². The molecule has 2 amide bonds. The van der Waals surface area contributed by atoms with Gasteiger partial charge >= 0.3 is 12.2 Å². The molecule has 0 saturated carbocycles. The van der Waals surface area contributed by atoms with E-state index in [1.165, 1.54) is 4.90 Å². The largest absolute Gasteiger partial charge is 0.417 e. The number of benzene rings is 1. The van der Waals surface area contributed by atoms with Crippen molar-refractivity contribution in [3.63, 3.8) is 0 Å². The fourth-order valence-electron chi connectivity index (χ4n) is 2.62. The number of nitrogens with zero attached hydrogens (tertiary/aromatic N) is 2. The average molecular weight is 390 g/mol. The predicted octanol–water partition coefficient (Wildman–Crippen LogP) is 5.08. The van der Waals surface area contributed by atoms with E-state index in [9.17, 15) is 18.0 Å². The van der Waals surface area contributed by atoms with Gasteiger partial charge in [0, 0.05) is 30.2 Å². The molecule has 0 aliphatic carbocycles. The first kappa shape index (κ1) is 17.8. The lowest BCUT2D eigenvalue weighted by atomic mass is 10.0. The monoisotopic (exact) mass is 389 g/mol. The van der Waals surface area contributed by atoms with Crippen LogP contribution in [-0.2, 0) is 12.6 Å². The van der Waals surface area contributed by atoms with Crippen LogP contribution in [0.25, 0.3) is 0 Å². The number of carbonyl (C=O) groups is 1. The molecule has 0 fully saturated rings. The van der Waals surface area contributed by atoms with Crippen molar-refractivity contribution in [2.24, 2.45) is 0 Å². The zero-order valence-corrected chi connectivity index (χ0v) is 14.2. The fourth-order valence-corrected chi connectivity index (χ4v) is 3.29. The van der Waals surface area contributed by atoms with E-state index in [0.29, 0.717) is 13.0 Å². The third kappa shape index (κ3) is 3.67. The zero-order chi connectivity index (χ0) is 18.2. The number of pyridine rings is 1. The van der Waals surface area contributed by atoms with Crippen molar-refractivity contribution >= 4 is 34.9 Å². The standard InChI is InChI=1S/C16H12Cl2F3N3O/c17-13-7-10(1-2-12(13)16(19,20)21)23-15(25)24-6-4-9-3-5-22-8-11(9)14(24)18/h1-3,5,7-8,14H,4,6H2,(H,23,25). The molecule has 1 N–H and O–H groups in total. The predicted molar refractivity (Wildman–Crippen MR) is 88.7 cm³/mol. The Bertz CT molecular complexity index is 813. The first-order valence-electron chi connectivity index (χ1n) is 7.28. The maximum atomic E-state index is 12.7. The molecule has 1 unspecified atom stereocenters. The van der Waals surface area contributed by atoms with Gasteiger partial charge in [-0.2, -0.15) is 13.2 Å². The molecule has 1 aromatic carbocycles. The molecule has 2 aromatic rings. The highest BCUT2D eigenvalue weighted by Crippen LogP contribution is 2.36. The summed E-state index contributed by atoms with van der Waals surface area (Å²) in [7, 11) is 0. The molecule has 2 heterocycles. The average Bonchev–Trinajstić information content (AvgIpc) is 2.54. The van der Waals surface area contributed by atoms with E-state index in [0.717, 1.165) is 29.3 Å². The van der Waals surface area contributed by atoms with Crippen molar-refractivity contribution in [1.82, 2.24) is 9.88 Å². The highest BCUT2D eigenvalue weighted by Gasteiger charge is 2.33. The van der Waals surface area contributed by atoms with Gasteiger partial charge in [-0.15, -0.1) is 0 Å². The van der Waals surface area contributed by atoms with E-state index in [1.54, 1.807) is 12.4 Å². The van der Waals surface area contributed by atoms with Crippen molar-refractivity contribution in [1.29, 1.82) is 0 Å². The Balaban J connectivity index is 1.76. The van der Waals surface area contributed by atoms with Crippen LogP contribution in [0.15, 0.2) is 36.7 Å². The molecular weight excluding hydrogens is 378 g/mol. The molecule has 0 spiro atoms. The summed E-state index contributed by atoms with van der Waals surface area (Å²) >= 11 is 12.0. The summed E-state index contributed by atoms with van der Waals surface area (Å²) in [5.41, 5.74) is 0.235. The second kappa shape index (κ2) is 6.72. The van der Waals surface area contributed by atoms with E-state index in [2.05, 4.69) is 10.3 Å². The number of amides is 2. The Kier molecular flexibility index (Phi) is 4.79. The number of carbonyl (C=O) groups excluding carboxylic acids is 1. The molecule has 0 radical (unpaired) electrons. The summed E-state index contributed by atoms with van der Waals surface area (Å²) in [6.45, 7) is 0.380. The lowest BCUT2D eigenvalue weighted by molar-refractivity contribution is -0.137. The van der Waals surface area contributed by atoms with Gasteiger partial charge in [0.15, 0.2) is 0 Å². The lowest BCUT2D eigenvalue weighted by Crippen LogP contribution is -2.40. The van der Waals surface area contributed by atoms with Crippen LogP contribution in [-0.4, -0.2) is 22.5 Å². The second-order valence-electron chi connectivity index (χ2n) is 5.48. The topological polar surface area (TPSA) is 45.2 Å². The van der Waals surface area contributed by atoms with Crippen LogP contribution in [0.4, 0.5) is 23.7 Å². The van der Waals surface area contributed by atoms with Crippen LogP contribution >= 0.6 is 23.2 Å². The third-order valence-corrected chi connectivity index (χ3v) is 4.67. The number of halogens is 5. The van der Waals surface area contributed by atoms with Gasteiger partial charge in [-0.3, -0.25) is 4.98 Å². The molecule has 25 heavy (non-hydrogen) atoms. The van der Waals surface area contributed by atoms with Gasteiger partial charge in [-0.25, -0.2) is 4.79 Å². The number of anilines is 1. The van der Waals surface area contributed by atoms with Crippen LogP contribution in [0.3, 0.4) is 0 Å². The van der Waals surface area contributed by atoms with Gasteiger partial charge in [0.2, 0.25) is 0 Å². The molecule has 1 aliphatic rings. The SMILES string of the molecule is O=C(Nc1ccc(C(F)(F)F)c(Cl)c1)N1CCc2ccncc2C1Cl. The van der Waals surface area contributed by atoms with Gasteiger partial charge in [0.1, 0.15) is 5.50 Å². The minimum absolute atomic E-state index is 0.156. The fraction of sp³-hybridized carbons (Fsp3) is 0.250. The molecule has 0 saturated heterocycles. The Labute approximate surface area is 151 Å². The maximum absolute atomic E-state index is 12.7. The number of rotatable bonds is 1. The molecule has 0 bridgehead atoms. The van der Waals surface area contributed by atoms with Crippen LogP contribution in [0.5, 0.6) is 0 Å². The van der Waals surface area contributed by atoms with E-state index in [1.807, 2.05) is 6.07 Å². The van der Waals surface area contributed by atoms with Gasteiger partial charge in [-0.1, -0.05) is 23.2 Å². The van der Waals surface area contributed by atoms with Crippen LogP contribution in [0.1, 0.15) is 22.2 Å². The number of hydrogen-bond donors (Lipinski definition) is 1. The molecule has 3 rings (SSSR count). The molecule has 1 aliphatic heterocycles. The number of hydrogen-bond acceptors (Lipinski definition) is 2. The maximum Gasteiger partial charge on any atom is 0.417 e. The molecule has 1 atom stereocenters. The van der Waals surface area contributed by atoms with Gasteiger partial charge in [-0.05, 0) is 36.2 Å². The Morgan fingerprint density at radius 3 is 2.76 bits per heavy atom. The van der Waals surface area contributed by atoms with E-state index in [4.69, 9.17) is 23.2 Å². The van der Waals surface area contributed by atoms with E-state index in [-0.39, 0.29) is 5.69 Å². The molecule has 132 valence electrons. The van der Waals surface area contributed by atoms with Crippen molar-refractivity contribution in [2.75, 3.05) is 11.9 Å². The minimum Gasteiger partial charge on any atom is -0.308 e. The van der Waals surface area contributed by atoms with Crippen LogP contribution < -0.4 is 5.32 Å². The summed E-state index contributed by atoms with van der Waals surface area (Å²) < 4.78 is 38.2. The van der Waals surface area contributed by atoms with Crippen LogP contribution in [0.2, 0.25) is 5.02 Å². The van der Waals surface area contributed by atoms with Crippen molar-refractivity contribution < 1.29 is 18.0 Å². The first-order valence-corrected chi connectivity index (χ1v) is 8.10. The quantitative estimate of drug-likeness (QED) is 0.545. The summed E-state index contributed by atoms with van der Waals surface area (Å²) in [5, 5.41) is 2.04. The van der Waals surface area contributed by atoms with Crippen molar-refractivity contribution in [2.45, 2.75) is 18.1 Å². The van der Waals surface area contributed by atoms with Gasteiger partial charge in [0.05, 0.1) is 10.6 Å². The number of aromatic nitrogens is 1. The summed E-state index contributed by atoms with van der Waals surface area (Å²) in [4.78, 5) is 17.8.